The fraction of sp³-hybridized carbons (Fsp3) is 0.312. The molecule has 0 saturated carbocycles. The van der Waals surface area contributed by atoms with Crippen LogP contribution in [0.25, 0.3) is 11.4 Å². The fourth-order valence-corrected chi connectivity index (χ4v) is 2.69. The van der Waals surface area contributed by atoms with Gasteiger partial charge in [0.15, 0.2) is 5.82 Å². The lowest BCUT2D eigenvalue weighted by atomic mass is 10.2. The van der Waals surface area contributed by atoms with Gasteiger partial charge in [-0.25, -0.2) is 9.78 Å². The summed E-state index contributed by atoms with van der Waals surface area (Å²) in [7, 11) is 0. The van der Waals surface area contributed by atoms with Crippen molar-refractivity contribution in [2.24, 2.45) is 0 Å². The molecule has 114 valence electrons. The lowest BCUT2D eigenvalue weighted by Gasteiger charge is -2.22. The normalized spacial score (nSPS) is 17.5. The van der Waals surface area contributed by atoms with E-state index < -0.39 is 0 Å². The maximum absolute atomic E-state index is 12.2. The zero-order chi connectivity index (χ0) is 15.4. The number of amides is 2. The van der Waals surface area contributed by atoms with Gasteiger partial charge in [-0.1, -0.05) is 36.4 Å². The Morgan fingerprint density at radius 1 is 1.45 bits per heavy atom. The number of hydrogen-bond acceptors (Lipinski definition) is 3. The Balaban J connectivity index is 1.77. The van der Waals surface area contributed by atoms with Crippen molar-refractivity contribution in [3.8, 4) is 11.4 Å². The van der Waals surface area contributed by atoms with Crippen LogP contribution in [-0.4, -0.2) is 39.2 Å². The first-order valence-corrected chi connectivity index (χ1v) is 7.42. The summed E-state index contributed by atoms with van der Waals surface area (Å²) in [6.07, 6.45) is 3.53. The third-order valence-corrected chi connectivity index (χ3v) is 3.76. The van der Waals surface area contributed by atoms with Crippen molar-refractivity contribution in [3.63, 3.8) is 0 Å². The lowest BCUT2D eigenvalue weighted by molar-refractivity contribution is 0.192. The van der Waals surface area contributed by atoms with Crippen LogP contribution in [0, 0.1) is 0 Å². The van der Waals surface area contributed by atoms with E-state index in [1.54, 1.807) is 11.0 Å². The molecule has 1 atom stereocenters. The van der Waals surface area contributed by atoms with Gasteiger partial charge in [-0.3, -0.25) is 5.10 Å². The minimum absolute atomic E-state index is 0.0465. The molecule has 1 aliphatic heterocycles. The molecule has 3 rings (SSSR count). The van der Waals surface area contributed by atoms with E-state index in [0.717, 1.165) is 30.8 Å². The third kappa shape index (κ3) is 2.86. The molecule has 1 unspecified atom stereocenters. The molecule has 0 spiro atoms. The van der Waals surface area contributed by atoms with E-state index in [9.17, 15) is 4.79 Å². The van der Waals surface area contributed by atoms with Gasteiger partial charge in [0.05, 0.1) is 6.04 Å². The molecular formula is C16H19N5O. The standard InChI is InChI=1S/C16H19N5O/c1-2-10-17-16(22)21-11-6-9-13(21)15-18-14(19-20-15)12-7-4-3-5-8-12/h2-5,7-8,13H,1,6,9-11H2,(H,17,22)(H,18,19,20). The number of nitrogens with one attached hydrogen (secondary N) is 2. The Labute approximate surface area is 129 Å². The second kappa shape index (κ2) is 6.43. The molecule has 0 aliphatic carbocycles. The van der Waals surface area contributed by atoms with Gasteiger partial charge < -0.3 is 10.2 Å². The van der Waals surface area contributed by atoms with Crippen LogP contribution in [0.1, 0.15) is 24.7 Å². The summed E-state index contributed by atoms with van der Waals surface area (Å²) in [6, 6.07) is 9.67. The SMILES string of the molecule is C=CCNC(=O)N1CCCC1c1nc(-c2ccccc2)n[nH]1. The van der Waals surface area contributed by atoms with Crippen LogP contribution in [0.4, 0.5) is 4.79 Å². The Hall–Kier alpha value is -2.63. The molecule has 1 aliphatic rings. The number of hydrogen-bond donors (Lipinski definition) is 2. The highest BCUT2D eigenvalue weighted by molar-refractivity contribution is 5.75. The van der Waals surface area contributed by atoms with Gasteiger partial charge in [-0.2, -0.15) is 5.10 Å². The predicted octanol–water partition coefficient (Wildman–Crippen LogP) is 2.50. The zero-order valence-corrected chi connectivity index (χ0v) is 12.3. The number of nitrogens with zero attached hydrogens (tertiary/aromatic N) is 3. The fourth-order valence-electron chi connectivity index (χ4n) is 2.69. The van der Waals surface area contributed by atoms with Crippen LogP contribution in [0.2, 0.25) is 0 Å². The van der Waals surface area contributed by atoms with Gasteiger partial charge in [-0.15, -0.1) is 6.58 Å². The second-order valence-electron chi connectivity index (χ2n) is 5.24. The van der Waals surface area contributed by atoms with Gasteiger partial charge in [0.1, 0.15) is 5.82 Å². The van der Waals surface area contributed by atoms with Crippen LogP contribution >= 0.6 is 0 Å². The molecule has 2 heterocycles. The quantitative estimate of drug-likeness (QED) is 0.852. The first-order valence-electron chi connectivity index (χ1n) is 7.42. The average Bonchev–Trinajstić information content (AvgIpc) is 3.22. The number of aromatic amines is 1. The molecule has 2 N–H and O–H groups in total. The zero-order valence-electron chi connectivity index (χ0n) is 12.3. The van der Waals surface area contributed by atoms with E-state index in [1.807, 2.05) is 30.3 Å². The summed E-state index contributed by atoms with van der Waals surface area (Å²) in [5.74, 6) is 1.40. The number of urea groups is 1. The lowest BCUT2D eigenvalue weighted by Crippen LogP contribution is -2.39. The molecule has 6 nitrogen and oxygen atoms in total. The Morgan fingerprint density at radius 3 is 3.05 bits per heavy atom. The molecule has 2 aromatic rings. The van der Waals surface area contributed by atoms with Crippen LogP contribution in [0.15, 0.2) is 43.0 Å². The Morgan fingerprint density at radius 2 is 2.27 bits per heavy atom. The van der Waals surface area contributed by atoms with E-state index in [-0.39, 0.29) is 12.1 Å². The largest absolute Gasteiger partial charge is 0.335 e. The minimum atomic E-state index is -0.0833. The number of benzene rings is 1. The van der Waals surface area contributed by atoms with Crippen molar-refractivity contribution < 1.29 is 4.79 Å². The highest BCUT2D eigenvalue weighted by Gasteiger charge is 2.32. The Bertz CT molecular complexity index is 652. The van der Waals surface area contributed by atoms with Crippen molar-refractivity contribution in [1.29, 1.82) is 0 Å². The predicted molar refractivity (Wildman–Crippen MR) is 84.1 cm³/mol. The average molecular weight is 297 g/mol. The van der Waals surface area contributed by atoms with E-state index in [4.69, 9.17) is 0 Å². The van der Waals surface area contributed by atoms with Crippen molar-refractivity contribution in [2.45, 2.75) is 18.9 Å². The highest BCUT2D eigenvalue weighted by Crippen LogP contribution is 2.30. The molecule has 0 radical (unpaired) electrons. The van der Waals surface area contributed by atoms with Crippen LogP contribution in [0.3, 0.4) is 0 Å². The number of rotatable bonds is 4. The molecule has 1 saturated heterocycles. The topological polar surface area (TPSA) is 73.9 Å². The van der Waals surface area contributed by atoms with Crippen molar-refractivity contribution >= 4 is 6.03 Å². The monoisotopic (exact) mass is 297 g/mol. The summed E-state index contributed by atoms with van der Waals surface area (Å²) in [4.78, 5) is 18.5. The highest BCUT2D eigenvalue weighted by atomic mass is 16.2. The molecule has 2 amide bonds. The van der Waals surface area contributed by atoms with Gasteiger partial charge in [0.25, 0.3) is 0 Å². The maximum atomic E-state index is 12.2. The van der Waals surface area contributed by atoms with Crippen LogP contribution in [-0.2, 0) is 0 Å². The van der Waals surface area contributed by atoms with Gasteiger partial charge >= 0.3 is 6.03 Å². The van der Waals surface area contributed by atoms with Gasteiger partial charge in [0, 0.05) is 18.7 Å². The number of H-pyrrole nitrogens is 1. The van der Waals surface area contributed by atoms with Crippen molar-refractivity contribution in [3.05, 3.63) is 48.8 Å². The van der Waals surface area contributed by atoms with Crippen molar-refractivity contribution in [2.75, 3.05) is 13.1 Å². The number of aromatic nitrogens is 3. The molecule has 1 aromatic heterocycles. The maximum Gasteiger partial charge on any atom is 0.318 e. The van der Waals surface area contributed by atoms with Crippen LogP contribution < -0.4 is 5.32 Å². The number of carbonyl (C=O) groups is 1. The van der Waals surface area contributed by atoms with E-state index >= 15 is 0 Å². The number of carbonyl (C=O) groups excluding carboxylic acids is 1. The summed E-state index contributed by atoms with van der Waals surface area (Å²) in [5.41, 5.74) is 0.964. The van der Waals surface area contributed by atoms with E-state index in [1.165, 1.54) is 0 Å². The summed E-state index contributed by atoms with van der Waals surface area (Å²) >= 11 is 0. The van der Waals surface area contributed by atoms with Crippen molar-refractivity contribution in [1.82, 2.24) is 25.4 Å². The van der Waals surface area contributed by atoms with Crippen LogP contribution in [0.5, 0.6) is 0 Å². The molecule has 6 heteroatoms. The first kappa shape index (κ1) is 14.3. The van der Waals surface area contributed by atoms with Gasteiger partial charge in [0.2, 0.25) is 0 Å². The van der Waals surface area contributed by atoms with E-state index in [0.29, 0.717) is 12.4 Å². The summed E-state index contributed by atoms with van der Waals surface area (Å²) in [6.45, 7) is 4.81. The third-order valence-electron chi connectivity index (χ3n) is 3.76. The second-order valence-corrected chi connectivity index (χ2v) is 5.24. The summed E-state index contributed by atoms with van der Waals surface area (Å²) in [5, 5.41) is 10.1. The molecular weight excluding hydrogens is 278 g/mol. The first-order chi connectivity index (χ1) is 10.8. The summed E-state index contributed by atoms with van der Waals surface area (Å²) < 4.78 is 0. The minimum Gasteiger partial charge on any atom is -0.335 e. The molecule has 0 bridgehead atoms. The Kier molecular flexibility index (Phi) is 4.18. The smallest absolute Gasteiger partial charge is 0.318 e. The molecule has 22 heavy (non-hydrogen) atoms. The number of likely N-dealkylation sites (tertiary alicyclic amines) is 1. The van der Waals surface area contributed by atoms with E-state index in [2.05, 4.69) is 27.1 Å². The van der Waals surface area contributed by atoms with Gasteiger partial charge in [-0.05, 0) is 12.8 Å². The molecule has 1 fully saturated rings. The molecule has 1 aromatic carbocycles.